The summed E-state index contributed by atoms with van der Waals surface area (Å²) in [7, 11) is -1.02. The molecule has 0 saturated heterocycles. The maximum Gasteiger partial charge on any atom is 0.271 e. The van der Waals surface area contributed by atoms with E-state index in [1.54, 1.807) is 7.05 Å². The summed E-state index contributed by atoms with van der Waals surface area (Å²) in [5, 5.41) is 11.7. The van der Waals surface area contributed by atoms with Gasteiger partial charge in [0.1, 0.15) is 5.82 Å². The average molecular weight is 440 g/mol. The quantitative estimate of drug-likeness (QED) is 0.448. The molecule has 160 valence electrons. The van der Waals surface area contributed by atoms with Gasteiger partial charge >= 0.3 is 0 Å². The van der Waals surface area contributed by atoms with Crippen LogP contribution in [0.15, 0.2) is 41.3 Å². The number of hydrogen-bond donors (Lipinski definition) is 4. The van der Waals surface area contributed by atoms with Crippen molar-refractivity contribution in [3.63, 3.8) is 0 Å². The summed E-state index contributed by atoms with van der Waals surface area (Å²) in [5.74, 6) is -3.98. The first-order chi connectivity index (χ1) is 14.0. The van der Waals surface area contributed by atoms with Crippen LogP contribution in [0.5, 0.6) is 0 Å². The van der Waals surface area contributed by atoms with E-state index < -0.39 is 32.9 Å². The number of sulfonamides is 1. The molecule has 12 heteroatoms. The topological polar surface area (TPSA) is 112 Å². The van der Waals surface area contributed by atoms with Gasteiger partial charge in [0, 0.05) is 30.8 Å². The lowest BCUT2D eigenvalue weighted by atomic mass is 9.95. The number of anilines is 3. The molecule has 1 aromatic heterocycles. The van der Waals surface area contributed by atoms with Crippen molar-refractivity contribution in [1.82, 2.24) is 19.9 Å². The molecule has 30 heavy (non-hydrogen) atoms. The number of aromatic amines is 1. The molecule has 3 aromatic rings. The average Bonchev–Trinajstić information content (AvgIpc) is 3.14. The number of aromatic nitrogens is 3. The van der Waals surface area contributed by atoms with Crippen LogP contribution in [0.1, 0.15) is 12.5 Å². The Morgan fingerprint density at radius 2 is 1.87 bits per heavy atom. The third-order valence-electron chi connectivity index (χ3n) is 4.24. The van der Waals surface area contributed by atoms with Crippen LogP contribution in [0, 0.1) is 5.82 Å². The predicted molar refractivity (Wildman–Crippen MR) is 107 cm³/mol. The molecular weight excluding hydrogens is 421 g/mol. The van der Waals surface area contributed by atoms with E-state index in [0.29, 0.717) is 6.92 Å². The first kappa shape index (κ1) is 21.6. The molecule has 8 nitrogen and oxygen atoms in total. The van der Waals surface area contributed by atoms with Crippen molar-refractivity contribution in [1.29, 1.82) is 0 Å². The Labute approximate surface area is 171 Å². The summed E-state index contributed by atoms with van der Waals surface area (Å²) in [6.45, 7) is 0.636. The Bertz CT molecular complexity index is 1170. The zero-order valence-corrected chi connectivity index (χ0v) is 17.0. The lowest BCUT2D eigenvalue weighted by Crippen LogP contribution is -2.18. The molecule has 3 rings (SSSR count). The van der Waals surface area contributed by atoms with Crippen LogP contribution in [0.4, 0.5) is 30.8 Å². The number of rotatable bonds is 7. The van der Waals surface area contributed by atoms with Crippen molar-refractivity contribution in [2.75, 3.05) is 24.7 Å². The lowest BCUT2D eigenvalue weighted by Gasteiger charge is -2.19. The smallest absolute Gasteiger partial charge is 0.271 e. The molecule has 2 aromatic carbocycles. The molecule has 0 spiro atoms. The van der Waals surface area contributed by atoms with E-state index in [4.69, 9.17) is 0 Å². The molecule has 0 bridgehead atoms. The molecule has 0 unspecified atom stereocenters. The second-order valence-corrected chi connectivity index (χ2v) is 8.27. The minimum absolute atomic E-state index is 0.00374. The van der Waals surface area contributed by atoms with E-state index in [2.05, 4.69) is 30.5 Å². The minimum atomic E-state index is -3.84. The minimum Gasteiger partial charge on any atom is -0.356 e. The van der Waals surface area contributed by atoms with Gasteiger partial charge in [-0.25, -0.2) is 31.4 Å². The monoisotopic (exact) mass is 440 g/mol. The highest BCUT2D eigenvalue weighted by Gasteiger charge is 2.31. The van der Waals surface area contributed by atoms with Crippen LogP contribution in [-0.2, 0) is 15.9 Å². The molecule has 0 aliphatic heterocycles. The van der Waals surface area contributed by atoms with Gasteiger partial charge in [-0.05, 0) is 36.9 Å². The van der Waals surface area contributed by atoms with Gasteiger partial charge in [0.25, 0.3) is 5.92 Å². The third kappa shape index (κ3) is 4.39. The molecule has 0 atom stereocenters. The first-order valence-corrected chi connectivity index (χ1v) is 10.2. The van der Waals surface area contributed by atoms with Crippen LogP contribution in [-0.4, -0.2) is 37.7 Å². The highest BCUT2D eigenvalue weighted by atomic mass is 32.2. The van der Waals surface area contributed by atoms with Crippen LogP contribution >= 0.6 is 0 Å². The van der Waals surface area contributed by atoms with E-state index in [0.717, 1.165) is 18.2 Å². The van der Waals surface area contributed by atoms with E-state index in [9.17, 15) is 17.2 Å². The fourth-order valence-corrected chi connectivity index (χ4v) is 3.60. The zero-order chi connectivity index (χ0) is 22.1. The van der Waals surface area contributed by atoms with Crippen LogP contribution in [0.2, 0.25) is 0 Å². The lowest BCUT2D eigenvalue weighted by molar-refractivity contribution is 0.0179. The maximum atomic E-state index is 15.0. The summed E-state index contributed by atoms with van der Waals surface area (Å²) >= 11 is 0. The number of nitrogens with one attached hydrogen (secondary N) is 4. The SMILES string of the molecule is CNc1n[nH]c(Nc2cc(F)c(-c3cccc(S(=O)(=O)NC)c3)c(C(C)(F)F)c2)n1. The summed E-state index contributed by atoms with van der Waals surface area (Å²) in [6, 6.07) is 7.25. The Morgan fingerprint density at radius 3 is 2.47 bits per heavy atom. The van der Waals surface area contributed by atoms with Gasteiger partial charge in [0.2, 0.25) is 21.9 Å². The number of H-pyrrole nitrogens is 1. The third-order valence-corrected chi connectivity index (χ3v) is 5.65. The molecule has 1 heterocycles. The molecule has 0 fully saturated rings. The van der Waals surface area contributed by atoms with E-state index in [1.807, 2.05) is 0 Å². The zero-order valence-electron chi connectivity index (χ0n) is 16.2. The van der Waals surface area contributed by atoms with E-state index >= 15 is 4.39 Å². The number of benzene rings is 2. The number of hydrogen-bond acceptors (Lipinski definition) is 6. The maximum absolute atomic E-state index is 15.0. The first-order valence-electron chi connectivity index (χ1n) is 8.68. The van der Waals surface area contributed by atoms with Gasteiger partial charge in [-0.3, -0.25) is 0 Å². The molecule has 4 N–H and O–H groups in total. The van der Waals surface area contributed by atoms with Crippen LogP contribution < -0.4 is 15.4 Å². The van der Waals surface area contributed by atoms with Crippen molar-refractivity contribution in [2.24, 2.45) is 0 Å². The normalized spacial score (nSPS) is 12.1. The largest absolute Gasteiger partial charge is 0.356 e. The fourth-order valence-electron chi connectivity index (χ4n) is 2.82. The number of nitrogens with zero attached hydrogens (tertiary/aromatic N) is 2. The molecule has 0 aliphatic rings. The Balaban J connectivity index is 2.12. The molecule has 0 amide bonds. The van der Waals surface area contributed by atoms with Crippen LogP contribution in [0.3, 0.4) is 0 Å². The predicted octanol–water partition coefficient (Wildman–Crippen LogP) is 3.42. The summed E-state index contributed by atoms with van der Waals surface area (Å²) in [4.78, 5) is 3.83. The summed E-state index contributed by atoms with van der Waals surface area (Å²) in [6.07, 6.45) is 0. The van der Waals surface area contributed by atoms with Gasteiger partial charge in [0.15, 0.2) is 0 Å². The van der Waals surface area contributed by atoms with E-state index in [-0.39, 0.29) is 28.0 Å². The van der Waals surface area contributed by atoms with Crippen molar-refractivity contribution in [3.8, 4) is 11.1 Å². The van der Waals surface area contributed by atoms with Crippen molar-refractivity contribution in [2.45, 2.75) is 17.7 Å². The Hall–Kier alpha value is -3.12. The number of halogens is 3. The molecule has 0 radical (unpaired) electrons. The Kier molecular flexibility index (Phi) is 5.72. The fraction of sp³-hybridized carbons (Fsp3) is 0.222. The van der Waals surface area contributed by atoms with Crippen molar-refractivity contribution >= 4 is 27.6 Å². The second-order valence-electron chi connectivity index (χ2n) is 6.39. The Morgan fingerprint density at radius 1 is 1.13 bits per heavy atom. The highest BCUT2D eigenvalue weighted by Crippen LogP contribution is 2.40. The second kappa shape index (κ2) is 7.95. The van der Waals surface area contributed by atoms with Crippen molar-refractivity contribution < 1.29 is 21.6 Å². The summed E-state index contributed by atoms with van der Waals surface area (Å²) in [5.41, 5.74) is -0.985. The van der Waals surface area contributed by atoms with Gasteiger partial charge in [0.05, 0.1) is 4.90 Å². The van der Waals surface area contributed by atoms with Crippen molar-refractivity contribution in [3.05, 3.63) is 47.8 Å². The van der Waals surface area contributed by atoms with Gasteiger partial charge in [-0.2, -0.15) is 4.98 Å². The van der Waals surface area contributed by atoms with Crippen LogP contribution in [0.25, 0.3) is 11.1 Å². The molecule has 0 saturated carbocycles. The van der Waals surface area contributed by atoms with Gasteiger partial charge < -0.3 is 10.6 Å². The van der Waals surface area contributed by atoms with Gasteiger partial charge in [-0.1, -0.05) is 12.1 Å². The van der Waals surface area contributed by atoms with E-state index in [1.165, 1.54) is 25.2 Å². The van der Waals surface area contributed by atoms with Gasteiger partial charge in [-0.15, -0.1) is 5.10 Å². The molecule has 0 aliphatic carbocycles. The summed E-state index contributed by atoms with van der Waals surface area (Å²) < 4.78 is 70.0. The highest BCUT2D eigenvalue weighted by molar-refractivity contribution is 7.89. The standard InChI is InChI=1S/C18H19F3N6O2S/c1-18(20,21)13-8-11(24-17-25-16(22-2)26-27-17)9-14(19)15(13)10-5-4-6-12(7-10)30(28,29)23-3/h4-9,23H,1-3H3,(H3,22,24,25,26,27). The number of alkyl halides is 2. The molecular formula is C18H19F3N6O2S.